The first-order valence-corrected chi connectivity index (χ1v) is 13.2. The molecule has 7 nitrogen and oxygen atoms in total. The van der Waals surface area contributed by atoms with Crippen LogP contribution in [0.3, 0.4) is 0 Å². The van der Waals surface area contributed by atoms with Crippen molar-refractivity contribution in [2.45, 2.75) is 65.0 Å². The number of piperidine rings is 1. The molecule has 35 heavy (non-hydrogen) atoms. The van der Waals surface area contributed by atoms with Gasteiger partial charge < -0.3 is 19.9 Å². The number of fused-ring (bicyclic) bond motifs is 3. The molecule has 1 saturated carbocycles. The molecule has 2 heterocycles. The SMILES string of the molecule is CCC(CC)C(=O)N1CC(=O)N2CC[C@@H](CC(=O)NC3CC3)[C@@H](/C=C\COc3ccccc3C1)C2. The molecule has 2 atom stereocenters. The molecule has 0 spiro atoms. The van der Waals surface area contributed by atoms with Crippen LogP contribution in [0.4, 0.5) is 0 Å². The summed E-state index contributed by atoms with van der Waals surface area (Å²) in [6.07, 6.45) is 9.03. The maximum atomic E-state index is 13.4. The fourth-order valence-electron chi connectivity index (χ4n) is 5.20. The monoisotopic (exact) mass is 481 g/mol. The van der Waals surface area contributed by atoms with Crippen LogP contribution in [0, 0.1) is 17.8 Å². The van der Waals surface area contributed by atoms with Gasteiger partial charge in [-0.1, -0.05) is 44.2 Å². The zero-order valence-electron chi connectivity index (χ0n) is 21.1. The number of rotatable bonds is 6. The predicted octanol–water partition coefficient (Wildman–Crippen LogP) is 3.53. The lowest BCUT2D eigenvalue weighted by Gasteiger charge is -2.38. The lowest BCUT2D eigenvalue weighted by Crippen LogP contribution is -2.49. The minimum Gasteiger partial charge on any atom is -0.489 e. The second-order valence-electron chi connectivity index (χ2n) is 10.2. The van der Waals surface area contributed by atoms with E-state index in [-0.39, 0.29) is 42.0 Å². The minimum absolute atomic E-state index is 0.0225. The highest BCUT2D eigenvalue weighted by molar-refractivity contribution is 5.86. The number of hydrogen-bond acceptors (Lipinski definition) is 4. The van der Waals surface area contributed by atoms with E-state index in [1.165, 1.54) is 0 Å². The molecular weight excluding hydrogens is 442 g/mol. The van der Waals surface area contributed by atoms with Crippen molar-refractivity contribution in [1.82, 2.24) is 15.1 Å². The molecule has 3 aliphatic rings. The summed E-state index contributed by atoms with van der Waals surface area (Å²) in [5.74, 6) is 1.01. The van der Waals surface area contributed by atoms with Crippen LogP contribution in [0.15, 0.2) is 36.4 Å². The van der Waals surface area contributed by atoms with Crippen LogP contribution in [-0.2, 0) is 20.9 Å². The third-order valence-corrected chi connectivity index (χ3v) is 7.57. The molecule has 3 amide bonds. The molecule has 2 aliphatic heterocycles. The Labute approximate surface area is 208 Å². The summed E-state index contributed by atoms with van der Waals surface area (Å²) < 4.78 is 6.08. The first kappa shape index (κ1) is 25.3. The van der Waals surface area contributed by atoms with Gasteiger partial charge in [-0.2, -0.15) is 0 Å². The Morgan fingerprint density at radius 3 is 2.63 bits per heavy atom. The molecule has 1 saturated heterocycles. The minimum atomic E-state index is -0.100. The van der Waals surface area contributed by atoms with Gasteiger partial charge >= 0.3 is 0 Å². The van der Waals surface area contributed by atoms with Gasteiger partial charge in [0, 0.05) is 43.6 Å². The van der Waals surface area contributed by atoms with Gasteiger partial charge in [-0.25, -0.2) is 0 Å². The van der Waals surface area contributed by atoms with Gasteiger partial charge in [-0.3, -0.25) is 14.4 Å². The van der Waals surface area contributed by atoms with Crippen molar-refractivity contribution in [3.63, 3.8) is 0 Å². The van der Waals surface area contributed by atoms with Crippen LogP contribution >= 0.6 is 0 Å². The number of benzene rings is 1. The molecule has 4 rings (SSSR count). The normalized spacial score (nSPS) is 23.9. The lowest BCUT2D eigenvalue weighted by atomic mass is 9.82. The van der Waals surface area contributed by atoms with E-state index in [1.54, 1.807) is 4.90 Å². The first-order chi connectivity index (χ1) is 17.0. The van der Waals surface area contributed by atoms with Crippen molar-refractivity contribution >= 4 is 17.7 Å². The van der Waals surface area contributed by atoms with Crippen LogP contribution < -0.4 is 10.1 Å². The molecular formula is C28H39N3O4. The summed E-state index contributed by atoms with van der Waals surface area (Å²) in [6, 6.07) is 8.09. The fourth-order valence-corrected chi connectivity index (χ4v) is 5.20. The second-order valence-corrected chi connectivity index (χ2v) is 10.2. The summed E-state index contributed by atoms with van der Waals surface area (Å²) in [7, 11) is 0. The summed E-state index contributed by atoms with van der Waals surface area (Å²) in [5, 5.41) is 3.10. The number of nitrogens with one attached hydrogen (secondary N) is 1. The van der Waals surface area contributed by atoms with Gasteiger partial charge in [0.2, 0.25) is 17.7 Å². The highest BCUT2D eigenvalue weighted by Gasteiger charge is 2.34. The van der Waals surface area contributed by atoms with E-state index >= 15 is 0 Å². The Kier molecular flexibility index (Phi) is 8.47. The highest BCUT2D eigenvalue weighted by Crippen LogP contribution is 2.30. The van der Waals surface area contributed by atoms with E-state index in [1.807, 2.05) is 49.1 Å². The maximum Gasteiger partial charge on any atom is 0.242 e. The van der Waals surface area contributed by atoms with Gasteiger partial charge in [-0.15, -0.1) is 0 Å². The van der Waals surface area contributed by atoms with Crippen molar-refractivity contribution < 1.29 is 19.1 Å². The average molecular weight is 482 g/mol. The van der Waals surface area contributed by atoms with Crippen LogP contribution in [0.1, 0.15) is 57.9 Å². The van der Waals surface area contributed by atoms with Crippen LogP contribution in [-0.4, -0.2) is 59.8 Å². The Morgan fingerprint density at radius 2 is 1.89 bits per heavy atom. The topological polar surface area (TPSA) is 79.0 Å². The van der Waals surface area contributed by atoms with Gasteiger partial charge in [0.25, 0.3) is 0 Å². The Morgan fingerprint density at radius 1 is 1.11 bits per heavy atom. The second kappa shape index (κ2) is 11.7. The van der Waals surface area contributed by atoms with E-state index < -0.39 is 0 Å². The molecule has 0 aromatic heterocycles. The van der Waals surface area contributed by atoms with E-state index in [9.17, 15) is 14.4 Å². The van der Waals surface area contributed by atoms with Crippen molar-refractivity contribution in [2.75, 3.05) is 26.2 Å². The molecule has 7 heteroatoms. The Bertz CT molecular complexity index is 938. The van der Waals surface area contributed by atoms with E-state index in [2.05, 4.69) is 11.4 Å². The first-order valence-electron chi connectivity index (χ1n) is 13.2. The zero-order chi connectivity index (χ0) is 24.8. The van der Waals surface area contributed by atoms with Crippen molar-refractivity contribution in [2.24, 2.45) is 17.8 Å². The molecule has 0 radical (unpaired) electrons. The van der Waals surface area contributed by atoms with Gasteiger partial charge in [0.05, 0.1) is 0 Å². The molecule has 1 aromatic rings. The van der Waals surface area contributed by atoms with Gasteiger partial charge in [0.1, 0.15) is 18.9 Å². The number of amides is 3. The summed E-state index contributed by atoms with van der Waals surface area (Å²) in [6.45, 7) is 6.04. The zero-order valence-corrected chi connectivity index (χ0v) is 21.1. The maximum absolute atomic E-state index is 13.4. The number of carbonyl (C=O) groups is 3. The Hall–Kier alpha value is -2.83. The number of hydrogen-bond donors (Lipinski definition) is 1. The van der Waals surface area contributed by atoms with Crippen LogP contribution in [0.2, 0.25) is 0 Å². The van der Waals surface area contributed by atoms with Crippen LogP contribution in [0.25, 0.3) is 0 Å². The van der Waals surface area contributed by atoms with Gasteiger partial charge in [0.15, 0.2) is 0 Å². The average Bonchev–Trinajstić information content (AvgIpc) is 3.67. The van der Waals surface area contributed by atoms with Crippen molar-refractivity contribution in [3.05, 3.63) is 42.0 Å². The number of nitrogens with zero attached hydrogens (tertiary/aromatic N) is 2. The van der Waals surface area contributed by atoms with Crippen molar-refractivity contribution in [1.29, 1.82) is 0 Å². The third kappa shape index (κ3) is 6.65. The summed E-state index contributed by atoms with van der Waals surface area (Å²) in [4.78, 5) is 42.9. The quantitative estimate of drug-likeness (QED) is 0.631. The van der Waals surface area contributed by atoms with E-state index in [0.717, 1.165) is 43.4 Å². The lowest BCUT2D eigenvalue weighted by molar-refractivity contribution is -0.144. The molecule has 2 fully saturated rings. The molecule has 1 aromatic carbocycles. The molecule has 190 valence electrons. The summed E-state index contributed by atoms with van der Waals surface area (Å²) in [5.41, 5.74) is 0.903. The Balaban J connectivity index is 1.56. The number of para-hydroxylation sites is 1. The standard InChI is InChI=1S/C28H39N3O4/c1-3-20(4-2)28(34)31-18-23-8-5-6-10-25(23)35-15-7-9-22-17-30(27(33)19-31)14-13-21(22)16-26(32)29-24-11-12-24/h5-10,20-22,24H,3-4,11-19H2,1-2H3,(H,29,32)/b9-7-/t21-,22-/m0/s1. The van der Waals surface area contributed by atoms with E-state index in [0.29, 0.717) is 38.7 Å². The smallest absolute Gasteiger partial charge is 0.242 e. The predicted molar refractivity (Wildman–Crippen MR) is 135 cm³/mol. The molecule has 0 unspecified atom stereocenters. The molecule has 1 N–H and O–H groups in total. The number of ether oxygens (including phenoxy) is 1. The van der Waals surface area contributed by atoms with E-state index in [4.69, 9.17) is 4.74 Å². The number of carbonyl (C=O) groups excluding carboxylic acids is 3. The molecule has 2 bridgehead atoms. The highest BCUT2D eigenvalue weighted by atomic mass is 16.5. The third-order valence-electron chi connectivity index (χ3n) is 7.57. The van der Waals surface area contributed by atoms with Crippen molar-refractivity contribution in [3.8, 4) is 5.75 Å². The fraction of sp³-hybridized carbons (Fsp3) is 0.607. The van der Waals surface area contributed by atoms with Gasteiger partial charge in [-0.05, 0) is 50.0 Å². The largest absolute Gasteiger partial charge is 0.489 e. The summed E-state index contributed by atoms with van der Waals surface area (Å²) >= 11 is 0. The van der Waals surface area contributed by atoms with Crippen LogP contribution in [0.5, 0.6) is 5.75 Å². The molecule has 1 aliphatic carbocycles.